The van der Waals surface area contributed by atoms with Crippen molar-refractivity contribution in [2.45, 2.75) is 43.7 Å². The minimum atomic E-state index is -3.77. The van der Waals surface area contributed by atoms with Crippen LogP contribution in [0.3, 0.4) is 0 Å². The lowest BCUT2D eigenvalue weighted by Crippen LogP contribution is -2.55. The minimum absolute atomic E-state index is 0.181. The van der Waals surface area contributed by atoms with Crippen LogP contribution in [-0.4, -0.2) is 69.6 Å². The van der Waals surface area contributed by atoms with Crippen molar-refractivity contribution in [3.05, 3.63) is 71.8 Å². The van der Waals surface area contributed by atoms with Gasteiger partial charge in [-0.05, 0) is 30.4 Å². The number of ether oxygens (including phenoxy) is 1. The topological polar surface area (TPSA) is 122 Å². The van der Waals surface area contributed by atoms with E-state index in [-0.39, 0.29) is 24.8 Å². The summed E-state index contributed by atoms with van der Waals surface area (Å²) in [7, 11) is -2.46. The Kier molecular flexibility index (Phi) is 9.60. The third-order valence-electron chi connectivity index (χ3n) is 6.18. The molecule has 3 rings (SSSR count). The predicted molar refractivity (Wildman–Crippen MR) is 135 cm³/mol. The Morgan fingerprint density at radius 2 is 1.61 bits per heavy atom. The predicted octanol–water partition coefficient (Wildman–Crippen LogP) is 1.80. The molecule has 10 heteroatoms. The van der Waals surface area contributed by atoms with Crippen LogP contribution in [-0.2, 0) is 29.1 Å². The van der Waals surface area contributed by atoms with Gasteiger partial charge in [0.1, 0.15) is 12.1 Å². The van der Waals surface area contributed by atoms with E-state index < -0.39 is 33.9 Å². The molecular formula is C26H33N3O6S. The molecule has 9 nitrogen and oxygen atoms in total. The number of likely N-dealkylation sites (tertiary alicyclic amines) is 1. The molecule has 1 fully saturated rings. The Labute approximate surface area is 212 Å². The molecule has 0 radical (unpaired) electrons. The van der Waals surface area contributed by atoms with E-state index in [0.29, 0.717) is 25.8 Å². The molecule has 2 amide bonds. The Morgan fingerprint density at radius 3 is 2.14 bits per heavy atom. The van der Waals surface area contributed by atoms with Crippen molar-refractivity contribution in [3.8, 4) is 0 Å². The second-order valence-corrected chi connectivity index (χ2v) is 10.6. The number of methoxy groups -OCH3 is 1. The molecule has 1 aliphatic rings. The highest BCUT2D eigenvalue weighted by molar-refractivity contribution is 7.88. The molecule has 0 unspecified atom stereocenters. The van der Waals surface area contributed by atoms with Gasteiger partial charge in [0.2, 0.25) is 21.8 Å². The molecule has 0 aliphatic carbocycles. The maximum atomic E-state index is 13.9. The molecule has 0 aromatic heterocycles. The standard InChI is InChI=1S/C26H33N3O6S/c1-35-22(30)16-9-17-27-25(31)21-15-10-18-29(21)26(32)24(28-36(2,33)34)23(19-11-5-3-6-12-19)20-13-7-4-8-14-20/h3-8,11-14,21,23-24,28H,9-10,15-18H2,1-2H3,(H,27,31)/t21-,24+/m0/s1. The molecule has 0 bridgehead atoms. The number of sulfonamides is 1. The van der Waals surface area contributed by atoms with E-state index in [1.165, 1.54) is 12.0 Å². The number of benzene rings is 2. The van der Waals surface area contributed by atoms with Crippen molar-refractivity contribution in [1.82, 2.24) is 14.9 Å². The second kappa shape index (κ2) is 12.6. The molecule has 1 heterocycles. The second-order valence-electron chi connectivity index (χ2n) is 8.83. The van der Waals surface area contributed by atoms with Crippen LogP contribution in [0.25, 0.3) is 0 Å². The van der Waals surface area contributed by atoms with Gasteiger partial charge in [0, 0.05) is 25.4 Å². The quantitative estimate of drug-likeness (QED) is 0.348. The number of carbonyl (C=O) groups is 3. The summed E-state index contributed by atoms with van der Waals surface area (Å²) in [6, 6.07) is 16.6. The number of hydrogen-bond acceptors (Lipinski definition) is 6. The van der Waals surface area contributed by atoms with Gasteiger partial charge in [-0.25, -0.2) is 13.1 Å². The fourth-order valence-electron chi connectivity index (χ4n) is 4.54. The SMILES string of the molecule is COC(=O)CCCNC(=O)[C@@H]1CCCN1C(=O)[C@H](NS(C)(=O)=O)C(c1ccccc1)c1ccccc1. The highest BCUT2D eigenvalue weighted by atomic mass is 32.2. The molecule has 0 saturated carbocycles. The summed E-state index contributed by atoms with van der Waals surface area (Å²) in [5, 5.41) is 2.79. The van der Waals surface area contributed by atoms with Crippen LogP contribution in [0.15, 0.2) is 60.7 Å². The van der Waals surface area contributed by atoms with Crippen LogP contribution in [0, 0.1) is 0 Å². The number of esters is 1. The van der Waals surface area contributed by atoms with Gasteiger partial charge in [0.05, 0.1) is 13.4 Å². The molecule has 194 valence electrons. The monoisotopic (exact) mass is 515 g/mol. The number of amides is 2. The highest BCUT2D eigenvalue weighted by Crippen LogP contribution is 2.31. The minimum Gasteiger partial charge on any atom is -0.469 e. The van der Waals surface area contributed by atoms with E-state index in [9.17, 15) is 22.8 Å². The van der Waals surface area contributed by atoms with Gasteiger partial charge in [-0.15, -0.1) is 0 Å². The molecule has 1 aliphatic heterocycles. The van der Waals surface area contributed by atoms with Crippen LogP contribution in [0.1, 0.15) is 42.7 Å². The van der Waals surface area contributed by atoms with Gasteiger partial charge in [0.15, 0.2) is 0 Å². The van der Waals surface area contributed by atoms with E-state index in [4.69, 9.17) is 0 Å². The summed E-state index contributed by atoms with van der Waals surface area (Å²) in [4.78, 5) is 39.6. The maximum Gasteiger partial charge on any atom is 0.305 e. The van der Waals surface area contributed by atoms with Crippen molar-refractivity contribution in [2.24, 2.45) is 0 Å². The van der Waals surface area contributed by atoms with Gasteiger partial charge >= 0.3 is 5.97 Å². The Morgan fingerprint density at radius 1 is 1.03 bits per heavy atom. The zero-order valence-corrected chi connectivity index (χ0v) is 21.4. The lowest BCUT2D eigenvalue weighted by molar-refractivity contribution is -0.141. The zero-order valence-electron chi connectivity index (χ0n) is 20.6. The fraction of sp³-hybridized carbons (Fsp3) is 0.423. The molecule has 2 N–H and O–H groups in total. The summed E-state index contributed by atoms with van der Waals surface area (Å²) in [6.07, 6.45) is 2.72. The number of rotatable bonds is 11. The van der Waals surface area contributed by atoms with Crippen LogP contribution in [0.2, 0.25) is 0 Å². The Bertz CT molecular complexity index is 1100. The van der Waals surface area contributed by atoms with Crippen molar-refractivity contribution in [3.63, 3.8) is 0 Å². The molecular weight excluding hydrogens is 482 g/mol. The smallest absolute Gasteiger partial charge is 0.305 e. The van der Waals surface area contributed by atoms with Gasteiger partial charge in [-0.2, -0.15) is 0 Å². The summed E-state index contributed by atoms with van der Waals surface area (Å²) in [6.45, 7) is 0.617. The molecule has 36 heavy (non-hydrogen) atoms. The molecule has 0 spiro atoms. The number of carbonyl (C=O) groups excluding carboxylic acids is 3. The number of hydrogen-bond donors (Lipinski definition) is 2. The van der Waals surface area contributed by atoms with Crippen LogP contribution < -0.4 is 10.0 Å². The number of nitrogens with zero attached hydrogens (tertiary/aromatic N) is 1. The molecule has 2 aromatic rings. The molecule has 1 saturated heterocycles. The van der Waals surface area contributed by atoms with Crippen LogP contribution in [0.4, 0.5) is 0 Å². The van der Waals surface area contributed by atoms with Crippen LogP contribution >= 0.6 is 0 Å². The zero-order chi connectivity index (χ0) is 26.1. The van der Waals surface area contributed by atoms with E-state index in [1.807, 2.05) is 60.7 Å². The lowest BCUT2D eigenvalue weighted by atomic mass is 9.84. The fourth-order valence-corrected chi connectivity index (χ4v) is 5.23. The summed E-state index contributed by atoms with van der Waals surface area (Å²) < 4.78 is 32.0. The van der Waals surface area contributed by atoms with Crippen molar-refractivity contribution in [2.75, 3.05) is 26.5 Å². The summed E-state index contributed by atoms with van der Waals surface area (Å²) in [5.74, 6) is -1.73. The highest BCUT2D eigenvalue weighted by Gasteiger charge is 2.41. The first-order valence-electron chi connectivity index (χ1n) is 11.9. The summed E-state index contributed by atoms with van der Waals surface area (Å²) in [5.41, 5.74) is 1.56. The number of nitrogens with one attached hydrogen (secondary N) is 2. The maximum absolute atomic E-state index is 13.9. The summed E-state index contributed by atoms with van der Waals surface area (Å²) >= 11 is 0. The Hall–Kier alpha value is -3.24. The first-order valence-corrected chi connectivity index (χ1v) is 13.8. The van der Waals surface area contributed by atoms with E-state index in [1.54, 1.807) is 0 Å². The normalized spacial score (nSPS) is 16.5. The average Bonchev–Trinajstić information content (AvgIpc) is 3.36. The van der Waals surface area contributed by atoms with Gasteiger partial charge < -0.3 is 15.0 Å². The first-order chi connectivity index (χ1) is 17.2. The Balaban J connectivity index is 1.87. The third-order valence-corrected chi connectivity index (χ3v) is 6.86. The first kappa shape index (κ1) is 27.3. The van der Waals surface area contributed by atoms with Gasteiger partial charge in [0.25, 0.3) is 0 Å². The van der Waals surface area contributed by atoms with Crippen molar-refractivity contribution >= 4 is 27.8 Å². The van der Waals surface area contributed by atoms with E-state index >= 15 is 0 Å². The van der Waals surface area contributed by atoms with Crippen molar-refractivity contribution in [1.29, 1.82) is 0 Å². The molecule has 2 atom stereocenters. The van der Waals surface area contributed by atoms with Gasteiger partial charge in [-0.3, -0.25) is 14.4 Å². The molecule has 2 aromatic carbocycles. The van der Waals surface area contributed by atoms with Crippen molar-refractivity contribution < 1.29 is 27.5 Å². The lowest BCUT2D eigenvalue weighted by Gasteiger charge is -2.33. The average molecular weight is 516 g/mol. The van der Waals surface area contributed by atoms with E-state index in [2.05, 4.69) is 14.8 Å². The largest absolute Gasteiger partial charge is 0.469 e. The van der Waals surface area contributed by atoms with Gasteiger partial charge in [-0.1, -0.05) is 60.7 Å². The third kappa shape index (κ3) is 7.38. The van der Waals surface area contributed by atoms with Crippen LogP contribution in [0.5, 0.6) is 0 Å². The van der Waals surface area contributed by atoms with E-state index in [0.717, 1.165) is 17.4 Å².